The first-order valence-corrected chi connectivity index (χ1v) is 9.98. The summed E-state index contributed by atoms with van der Waals surface area (Å²) in [6.07, 6.45) is 1.69. The van der Waals surface area contributed by atoms with Gasteiger partial charge in [-0.1, -0.05) is 48.0 Å². The summed E-state index contributed by atoms with van der Waals surface area (Å²) in [6, 6.07) is 21.8. The Morgan fingerprint density at radius 1 is 1.00 bits per heavy atom. The van der Waals surface area contributed by atoms with Crippen LogP contribution in [0, 0.1) is 13.8 Å². The first-order valence-electron chi connectivity index (χ1n) is 9.57. The number of nitrogens with zero attached hydrogens (tertiary/aromatic N) is 1. The molecule has 0 aliphatic heterocycles. The number of aryl methyl sites for hydroxylation is 2. The summed E-state index contributed by atoms with van der Waals surface area (Å²) in [4.78, 5) is 0. The first kappa shape index (κ1) is 21.3. The molecule has 154 valence electrons. The minimum Gasteiger partial charge on any atom is -0.493 e. The highest BCUT2D eigenvalue weighted by Gasteiger charge is 2.06. The first-order chi connectivity index (χ1) is 14.5. The largest absolute Gasteiger partial charge is 0.493 e. The molecule has 0 radical (unpaired) electrons. The molecule has 6 heteroatoms. The molecular formula is C24H25N3O2S. The lowest BCUT2D eigenvalue weighted by Gasteiger charge is -2.12. The summed E-state index contributed by atoms with van der Waals surface area (Å²) in [6.45, 7) is 4.56. The van der Waals surface area contributed by atoms with Crippen molar-refractivity contribution < 1.29 is 9.47 Å². The Kier molecular flexibility index (Phi) is 7.40. The normalized spacial score (nSPS) is 10.6. The van der Waals surface area contributed by atoms with Gasteiger partial charge in [-0.15, -0.1) is 0 Å². The van der Waals surface area contributed by atoms with Gasteiger partial charge in [-0.2, -0.15) is 5.10 Å². The number of nitrogens with one attached hydrogen (secondary N) is 2. The molecule has 3 aromatic carbocycles. The van der Waals surface area contributed by atoms with Gasteiger partial charge >= 0.3 is 0 Å². The standard InChI is InChI=1S/C24H25N3O2S/c1-17-9-11-21(18(2)13-17)26-24(30)27-25-15-20-10-12-22(28-3)23(14-20)29-16-19-7-5-4-6-8-19/h4-15H,16H2,1-3H3,(H2,26,27,30). The molecule has 0 aromatic heterocycles. The van der Waals surface area contributed by atoms with Crippen LogP contribution in [0.15, 0.2) is 71.8 Å². The zero-order valence-electron chi connectivity index (χ0n) is 17.3. The summed E-state index contributed by atoms with van der Waals surface area (Å²) in [5.74, 6) is 1.32. The Hall–Kier alpha value is -3.38. The van der Waals surface area contributed by atoms with Crippen molar-refractivity contribution in [2.24, 2.45) is 5.10 Å². The number of benzene rings is 3. The van der Waals surface area contributed by atoms with E-state index in [9.17, 15) is 0 Å². The van der Waals surface area contributed by atoms with Gasteiger partial charge in [-0.3, -0.25) is 5.43 Å². The van der Waals surface area contributed by atoms with Gasteiger partial charge in [0.05, 0.1) is 13.3 Å². The number of hydrazone groups is 1. The van der Waals surface area contributed by atoms with Crippen LogP contribution in [0.25, 0.3) is 0 Å². The van der Waals surface area contributed by atoms with Crippen LogP contribution < -0.4 is 20.2 Å². The minimum absolute atomic E-state index is 0.423. The second-order valence-corrected chi connectivity index (χ2v) is 7.24. The number of thiocarbonyl (C=S) groups is 1. The third-order valence-electron chi connectivity index (χ3n) is 4.43. The van der Waals surface area contributed by atoms with E-state index in [-0.39, 0.29) is 0 Å². The molecule has 3 rings (SSSR count). The number of hydrogen-bond acceptors (Lipinski definition) is 4. The molecule has 0 amide bonds. The van der Waals surface area contributed by atoms with E-state index in [0.29, 0.717) is 23.2 Å². The second-order valence-electron chi connectivity index (χ2n) is 6.83. The van der Waals surface area contributed by atoms with E-state index >= 15 is 0 Å². The van der Waals surface area contributed by atoms with Gasteiger partial charge in [0, 0.05) is 5.69 Å². The van der Waals surface area contributed by atoms with Crippen molar-refractivity contribution in [2.45, 2.75) is 20.5 Å². The molecule has 0 saturated carbocycles. The van der Waals surface area contributed by atoms with Crippen molar-refractivity contribution >= 4 is 29.2 Å². The zero-order chi connectivity index (χ0) is 21.3. The Balaban J connectivity index is 1.61. The fourth-order valence-electron chi connectivity index (χ4n) is 2.89. The molecule has 0 aliphatic rings. The smallest absolute Gasteiger partial charge is 0.191 e. The number of hydrogen-bond donors (Lipinski definition) is 2. The monoisotopic (exact) mass is 419 g/mol. The fraction of sp³-hybridized carbons (Fsp3) is 0.167. The molecule has 0 bridgehead atoms. The molecule has 0 atom stereocenters. The predicted octanol–water partition coefficient (Wildman–Crippen LogP) is 5.21. The highest BCUT2D eigenvalue weighted by Crippen LogP contribution is 2.28. The Morgan fingerprint density at radius 2 is 1.80 bits per heavy atom. The molecule has 0 spiro atoms. The number of methoxy groups -OCH3 is 1. The van der Waals surface area contributed by atoms with Crippen LogP contribution in [-0.4, -0.2) is 18.4 Å². The average Bonchev–Trinajstić information content (AvgIpc) is 2.75. The Bertz CT molecular complexity index is 1040. The molecule has 0 unspecified atom stereocenters. The van der Waals surface area contributed by atoms with Crippen molar-refractivity contribution in [3.63, 3.8) is 0 Å². The molecular weight excluding hydrogens is 394 g/mol. The van der Waals surface area contributed by atoms with Gasteiger partial charge in [0.25, 0.3) is 0 Å². The molecule has 0 aliphatic carbocycles. The molecule has 30 heavy (non-hydrogen) atoms. The van der Waals surface area contributed by atoms with E-state index in [0.717, 1.165) is 22.4 Å². The van der Waals surface area contributed by atoms with Crippen LogP contribution in [-0.2, 0) is 6.61 Å². The van der Waals surface area contributed by atoms with E-state index in [1.807, 2.05) is 67.6 Å². The topological polar surface area (TPSA) is 54.9 Å². The highest BCUT2D eigenvalue weighted by molar-refractivity contribution is 7.80. The Morgan fingerprint density at radius 3 is 2.53 bits per heavy atom. The summed E-state index contributed by atoms with van der Waals surface area (Å²) >= 11 is 5.32. The lowest BCUT2D eigenvalue weighted by molar-refractivity contribution is 0.284. The van der Waals surface area contributed by atoms with Crippen LogP contribution in [0.5, 0.6) is 11.5 Å². The van der Waals surface area contributed by atoms with Crippen LogP contribution in [0.1, 0.15) is 22.3 Å². The van der Waals surface area contributed by atoms with Crippen molar-refractivity contribution in [3.8, 4) is 11.5 Å². The van der Waals surface area contributed by atoms with Crippen LogP contribution in [0.2, 0.25) is 0 Å². The second kappa shape index (κ2) is 10.4. The van der Waals surface area contributed by atoms with Gasteiger partial charge in [-0.05, 0) is 67.0 Å². The van der Waals surface area contributed by atoms with Crippen LogP contribution >= 0.6 is 12.2 Å². The van der Waals surface area contributed by atoms with Gasteiger partial charge in [0.2, 0.25) is 0 Å². The maximum atomic E-state index is 5.94. The summed E-state index contributed by atoms with van der Waals surface area (Å²) in [7, 11) is 1.62. The zero-order valence-corrected chi connectivity index (χ0v) is 18.1. The lowest BCUT2D eigenvalue weighted by atomic mass is 10.1. The van der Waals surface area contributed by atoms with Crippen LogP contribution in [0.3, 0.4) is 0 Å². The summed E-state index contributed by atoms with van der Waals surface area (Å²) in [5, 5.41) is 7.80. The molecule has 0 heterocycles. The minimum atomic E-state index is 0.423. The molecule has 3 aromatic rings. The average molecular weight is 420 g/mol. The van der Waals surface area contributed by atoms with Crippen molar-refractivity contribution in [2.75, 3.05) is 12.4 Å². The molecule has 2 N–H and O–H groups in total. The van der Waals surface area contributed by atoms with Crippen molar-refractivity contribution in [1.82, 2.24) is 5.43 Å². The van der Waals surface area contributed by atoms with E-state index in [1.54, 1.807) is 13.3 Å². The number of anilines is 1. The maximum Gasteiger partial charge on any atom is 0.191 e. The summed E-state index contributed by atoms with van der Waals surface area (Å²) < 4.78 is 11.3. The molecule has 0 fully saturated rings. The van der Waals surface area contributed by atoms with Crippen molar-refractivity contribution in [1.29, 1.82) is 0 Å². The van der Waals surface area contributed by atoms with Gasteiger partial charge < -0.3 is 14.8 Å². The fourth-order valence-corrected chi connectivity index (χ4v) is 3.05. The molecule has 5 nitrogen and oxygen atoms in total. The van der Waals surface area contributed by atoms with E-state index < -0.39 is 0 Å². The quantitative estimate of drug-likeness (QED) is 0.313. The Labute approximate surface area is 182 Å². The third kappa shape index (κ3) is 6.06. The van der Waals surface area contributed by atoms with Gasteiger partial charge in [-0.25, -0.2) is 0 Å². The maximum absolute atomic E-state index is 5.94. The van der Waals surface area contributed by atoms with Gasteiger partial charge in [0.1, 0.15) is 6.61 Å². The van der Waals surface area contributed by atoms with E-state index in [1.165, 1.54) is 5.56 Å². The van der Waals surface area contributed by atoms with Gasteiger partial charge in [0.15, 0.2) is 16.6 Å². The van der Waals surface area contributed by atoms with Crippen molar-refractivity contribution in [3.05, 3.63) is 89.0 Å². The third-order valence-corrected chi connectivity index (χ3v) is 4.63. The lowest BCUT2D eigenvalue weighted by Crippen LogP contribution is -2.24. The van der Waals surface area contributed by atoms with E-state index in [2.05, 4.69) is 28.8 Å². The SMILES string of the molecule is COc1ccc(C=NNC(=S)Nc2ccc(C)cc2C)cc1OCc1ccccc1. The predicted molar refractivity (Wildman–Crippen MR) is 127 cm³/mol. The highest BCUT2D eigenvalue weighted by atomic mass is 32.1. The van der Waals surface area contributed by atoms with Crippen LogP contribution in [0.4, 0.5) is 5.69 Å². The summed E-state index contributed by atoms with van der Waals surface area (Å²) in [5.41, 5.74) is 8.08. The molecule has 0 saturated heterocycles. The number of rotatable bonds is 7. The number of ether oxygens (including phenoxy) is 2. The van der Waals surface area contributed by atoms with E-state index in [4.69, 9.17) is 21.7 Å².